The fraction of sp³-hybridized carbons (Fsp3) is 0. The van der Waals surface area contributed by atoms with Crippen LogP contribution in [0.1, 0.15) is 0 Å². The molecule has 5 rings (SSSR count). The zero-order valence-corrected chi connectivity index (χ0v) is 12.1. The standard InChI is InChI=1S/C19H11N3O/c1-2-7-17-13(5-1)15-10-16(20-11-18(15)23-17)14-6-3-4-12-8-9-21-22-19(12)14/h1-11H. The summed E-state index contributed by atoms with van der Waals surface area (Å²) in [5.74, 6) is 0. The summed E-state index contributed by atoms with van der Waals surface area (Å²) in [7, 11) is 0. The molecule has 4 heteroatoms. The van der Waals surface area contributed by atoms with E-state index in [2.05, 4.69) is 27.3 Å². The molecule has 108 valence electrons. The molecule has 0 aliphatic rings. The molecule has 0 N–H and O–H groups in total. The number of fused-ring (bicyclic) bond motifs is 4. The van der Waals surface area contributed by atoms with Gasteiger partial charge in [-0.2, -0.15) is 5.10 Å². The van der Waals surface area contributed by atoms with Crippen molar-refractivity contribution in [1.82, 2.24) is 15.2 Å². The average Bonchev–Trinajstić information content (AvgIpc) is 2.99. The molecule has 0 aliphatic carbocycles. The lowest BCUT2D eigenvalue weighted by Crippen LogP contribution is -1.89. The van der Waals surface area contributed by atoms with Crippen molar-refractivity contribution in [2.75, 3.05) is 0 Å². The summed E-state index contributed by atoms with van der Waals surface area (Å²) in [6.45, 7) is 0. The van der Waals surface area contributed by atoms with Crippen molar-refractivity contribution in [3.8, 4) is 11.3 Å². The van der Waals surface area contributed by atoms with Crippen LogP contribution in [0.4, 0.5) is 0 Å². The van der Waals surface area contributed by atoms with Crippen molar-refractivity contribution in [3.05, 3.63) is 67.0 Å². The Morgan fingerprint density at radius 3 is 2.78 bits per heavy atom. The van der Waals surface area contributed by atoms with Crippen LogP contribution in [0.5, 0.6) is 0 Å². The monoisotopic (exact) mass is 297 g/mol. The van der Waals surface area contributed by atoms with E-state index >= 15 is 0 Å². The van der Waals surface area contributed by atoms with Crippen molar-refractivity contribution >= 4 is 32.8 Å². The smallest absolute Gasteiger partial charge is 0.153 e. The highest BCUT2D eigenvalue weighted by Gasteiger charge is 2.11. The number of hydrogen-bond donors (Lipinski definition) is 0. The van der Waals surface area contributed by atoms with Gasteiger partial charge in [0.2, 0.25) is 0 Å². The van der Waals surface area contributed by atoms with Crippen molar-refractivity contribution in [3.63, 3.8) is 0 Å². The van der Waals surface area contributed by atoms with Gasteiger partial charge in [0.15, 0.2) is 5.58 Å². The third kappa shape index (κ3) is 1.82. The largest absolute Gasteiger partial charge is 0.454 e. The molecule has 0 spiro atoms. The quantitative estimate of drug-likeness (QED) is 0.454. The zero-order chi connectivity index (χ0) is 15.2. The Morgan fingerprint density at radius 2 is 1.78 bits per heavy atom. The minimum absolute atomic E-state index is 0.793. The Hall–Kier alpha value is -3.27. The molecule has 2 aromatic carbocycles. The molecule has 0 saturated carbocycles. The Balaban J connectivity index is 1.84. The topological polar surface area (TPSA) is 51.8 Å². The SMILES string of the molecule is c1cc(-c2cc3c(cn2)oc2ccccc23)c2nnccc2c1. The van der Waals surface area contributed by atoms with E-state index in [9.17, 15) is 0 Å². The molecule has 0 atom stereocenters. The minimum atomic E-state index is 0.793. The van der Waals surface area contributed by atoms with Crippen LogP contribution in [-0.4, -0.2) is 15.2 Å². The molecule has 0 saturated heterocycles. The number of aromatic nitrogens is 3. The van der Waals surface area contributed by atoms with Crippen LogP contribution in [0.2, 0.25) is 0 Å². The van der Waals surface area contributed by atoms with Crippen molar-refractivity contribution in [2.45, 2.75) is 0 Å². The molecule has 0 fully saturated rings. The summed E-state index contributed by atoms with van der Waals surface area (Å²) < 4.78 is 5.84. The van der Waals surface area contributed by atoms with Crippen LogP contribution in [0, 0.1) is 0 Å². The van der Waals surface area contributed by atoms with E-state index in [1.54, 1.807) is 12.4 Å². The van der Waals surface area contributed by atoms with E-state index in [1.165, 1.54) is 0 Å². The second-order valence-electron chi connectivity index (χ2n) is 5.44. The Kier molecular flexibility index (Phi) is 2.46. The van der Waals surface area contributed by atoms with Crippen LogP contribution in [0.25, 0.3) is 44.1 Å². The Morgan fingerprint density at radius 1 is 0.826 bits per heavy atom. The van der Waals surface area contributed by atoms with Gasteiger partial charge >= 0.3 is 0 Å². The van der Waals surface area contributed by atoms with E-state index in [0.717, 1.165) is 44.1 Å². The average molecular weight is 297 g/mol. The van der Waals surface area contributed by atoms with Crippen LogP contribution >= 0.6 is 0 Å². The highest BCUT2D eigenvalue weighted by Crippen LogP contribution is 2.32. The molecule has 0 amide bonds. The zero-order valence-electron chi connectivity index (χ0n) is 12.1. The highest BCUT2D eigenvalue weighted by molar-refractivity contribution is 6.06. The third-order valence-electron chi connectivity index (χ3n) is 4.09. The molecule has 0 unspecified atom stereocenters. The van der Waals surface area contributed by atoms with Gasteiger partial charge in [-0.3, -0.25) is 4.98 Å². The summed E-state index contributed by atoms with van der Waals surface area (Å²) in [6.07, 6.45) is 3.48. The fourth-order valence-corrected chi connectivity index (χ4v) is 3.00. The first kappa shape index (κ1) is 12.3. The molecule has 23 heavy (non-hydrogen) atoms. The number of benzene rings is 2. The van der Waals surface area contributed by atoms with Crippen molar-refractivity contribution < 1.29 is 4.42 Å². The van der Waals surface area contributed by atoms with Gasteiger partial charge in [0.1, 0.15) is 11.1 Å². The lowest BCUT2D eigenvalue weighted by Gasteiger charge is -2.04. The van der Waals surface area contributed by atoms with Gasteiger partial charge < -0.3 is 4.42 Å². The maximum atomic E-state index is 5.84. The van der Waals surface area contributed by atoms with Gasteiger partial charge in [-0.1, -0.05) is 36.4 Å². The van der Waals surface area contributed by atoms with Crippen LogP contribution < -0.4 is 0 Å². The van der Waals surface area contributed by atoms with Crippen LogP contribution in [0.3, 0.4) is 0 Å². The molecule has 3 heterocycles. The van der Waals surface area contributed by atoms with Crippen LogP contribution in [-0.2, 0) is 0 Å². The second kappa shape index (κ2) is 4.61. The summed E-state index contributed by atoms with van der Waals surface area (Å²) in [4.78, 5) is 4.56. The predicted molar refractivity (Wildman–Crippen MR) is 90.0 cm³/mol. The first-order valence-electron chi connectivity index (χ1n) is 7.38. The minimum Gasteiger partial charge on any atom is -0.454 e. The summed E-state index contributed by atoms with van der Waals surface area (Å²) in [5, 5.41) is 11.5. The van der Waals surface area contributed by atoms with E-state index in [1.807, 2.05) is 42.5 Å². The maximum Gasteiger partial charge on any atom is 0.153 e. The molecule has 0 radical (unpaired) electrons. The number of pyridine rings is 1. The maximum absolute atomic E-state index is 5.84. The molecular formula is C19H11N3O. The van der Waals surface area contributed by atoms with E-state index in [4.69, 9.17) is 4.42 Å². The first-order chi connectivity index (χ1) is 11.4. The van der Waals surface area contributed by atoms with E-state index in [0.29, 0.717) is 0 Å². The second-order valence-corrected chi connectivity index (χ2v) is 5.44. The van der Waals surface area contributed by atoms with Crippen molar-refractivity contribution in [2.24, 2.45) is 0 Å². The Labute approximate surface area is 131 Å². The summed E-state index contributed by atoms with van der Waals surface area (Å²) in [6, 6.07) is 18.1. The van der Waals surface area contributed by atoms with E-state index in [-0.39, 0.29) is 0 Å². The highest BCUT2D eigenvalue weighted by atomic mass is 16.3. The van der Waals surface area contributed by atoms with E-state index < -0.39 is 0 Å². The molecule has 3 aromatic heterocycles. The third-order valence-corrected chi connectivity index (χ3v) is 4.09. The number of rotatable bonds is 1. The number of furan rings is 1. The van der Waals surface area contributed by atoms with Gasteiger partial charge in [0.25, 0.3) is 0 Å². The fourth-order valence-electron chi connectivity index (χ4n) is 3.00. The number of nitrogens with zero attached hydrogens (tertiary/aromatic N) is 3. The van der Waals surface area contributed by atoms with Crippen LogP contribution in [0.15, 0.2) is 71.4 Å². The van der Waals surface area contributed by atoms with Gasteiger partial charge in [-0.15, -0.1) is 5.10 Å². The summed E-state index contributed by atoms with van der Waals surface area (Å²) in [5.41, 5.74) is 4.37. The van der Waals surface area contributed by atoms with Crippen molar-refractivity contribution in [1.29, 1.82) is 0 Å². The number of para-hydroxylation sites is 1. The predicted octanol–water partition coefficient (Wildman–Crippen LogP) is 4.59. The number of hydrogen-bond acceptors (Lipinski definition) is 4. The molecule has 5 aromatic rings. The molecular weight excluding hydrogens is 286 g/mol. The van der Waals surface area contributed by atoms with Gasteiger partial charge in [-0.05, 0) is 18.2 Å². The van der Waals surface area contributed by atoms with Gasteiger partial charge in [0, 0.05) is 21.7 Å². The van der Waals surface area contributed by atoms with Gasteiger partial charge in [0.05, 0.1) is 18.1 Å². The molecule has 0 aliphatic heterocycles. The molecule has 0 bridgehead atoms. The Bertz CT molecular complexity index is 1170. The lowest BCUT2D eigenvalue weighted by molar-refractivity contribution is 0.667. The lowest BCUT2D eigenvalue weighted by atomic mass is 10.1. The normalized spacial score (nSPS) is 11.5. The molecule has 4 nitrogen and oxygen atoms in total. The van der Waals surface area contributed by atoms with Gasteiger partial charge in [-0.25, -0.2) is 0 Å². The first-order valence-corrected chi connectivity index (χ1v) is 7.38. The summed E-state index contributed by atoms with van der Waals surface area (Å²) >= 11 is 0.